The van der Waals surface area contributed by atoms with Crippen molar-refractivity contribution >= 4 is 18.1 Å². The van der Waals surface area contributed by atoms with E-state index in [4.69, 9.17) is 24.9 Å². The highest BCUT2D eigenvalue weighted by molar-refractivity contribution is 5.62. The molecular formula is C6H10N2O4. The summed E-state index contributed by atoms with van der Waals surface area (Å²) in [5.41, 5.74) is 0. The summed E-state index contributed by atoms with van der Waals surface area (Å²) in [4.78, 5) is 29.6. The van der Waals surface area contributed by atoms with Gasteiger partial charge < -0.3 is 5.11 Å². The number of aliphatic carboxylic acids is 1. The van der Waals surface area contributed by atoms with Gasteiger partial charge in [0.15, 0.2) is 0 Å². The summed E-state index contributed by atoms with van der Waals surface area (Å²) in [5, 5.41) is 12.8. The van der Waals surface area contributed by atoms with Gasteiger partial charge in [0.05, 0.1) is 0 Å². The Morgan fingerprint density at radius 3 is 1.83 bits per heavy atom. The van der Waals surface area contributed by atoms with Gasteiger partial charge in [0.2, 0.25) is 12.2 Å². The number of aliphatic imine (C=N–C) groups is 1. The summed E-state index contributed by atoms with van der Waals surface area (Å²) in [6.07, 6.45) is 2.14. The van der Waals surface area contributed by atoms with Crippen LogP contribution in [0.5, 0.6) is 0 Å². The number of carbonyl (C=O) groups excluding carboxylic acids is 2. The zero-order chi connectivity index (χ0) is 10.4. The van der Waals surface area contributed by atoms with Crippen LogP contribution in [0.25, 0.3) is 0 Å². The van der Waals surface area contributed by atoms with Crippen molar-refractivity contribution in [3.8, 4) is 0 Å². The Bertz CT molecular complexity index is 174. The van der Waals surface area contributed by atoms with E-state index in [1.807, 2.05) is 0 Å². The van der Waals surface area contributed by atoms with Gasteiger partial charge in [-0.1, -0.05) is 0 Å². The number of carboxylic acids is 1. The summed E-state index contributed by atoms with van der Waals surface area (Å²) in [5.74, 6) is -0.833. The molecular weight excluding hydrogens is 164 g/mol. The fourth-order valence-electron chi connectivity index (χ4n) is 0.0645. The van der Waals surface area contributed by atoms with Crippen molar-refractivity contribution in [2.45, 2.75) is 13.8 Å². The first-order chi connectivity index (χ1) is 5.56. The van der Waals surface area contributed by atoms with E-state index >= 15 is 0 Å². The summed E-state index contributed by atoms with van der Waals surface area (Å²) >= 11 is 0. The molecule has 0 aliphatic heterocycles. The smallest absolute Gasteiger partial charge is 0.300 e. The molecule has 68 valence electrons. The number of hydrogen-bond acceptors (Lipinski definition) is 5. The van der Waals surface area contributed by atoms with E-state index in [0.717, 1.165) is 13.0 Å². The minimum absolute atomic E-state index is 0.545. The average Bonchev–Trinajstić information content (AvgIpc) is 1.89. The standard InChI is InChI=1S/C3H5NO.C2H4O2.CHNO/c1-2-4-3-5;1-2(3)4;2-1-3/h2H2,1H3;1H3,(H,3,4);2H. The zero-order valence-electron chi connectivity index (χ0n) is 6.83. The molecule has 0 unspecified atom stereocenters. The van der Waals surface area contributed by atoms with Crippen molar-refractivity contribution < 1.29 is 19.5 Å². The fourth-order valence-corrected chi connectivity index (χ4v) is 0.0645. The summed E-state index contributed by atoms with van der Waals surface area (Å²) < 4.78 is 0. The second kappa shape index (κ2) is 22.9. The first-order valence-electron chi connectivity index (χ1n) is 2.83. The predicted octanol–water partition coefficient (Wildman–Crippen LogP) is 0.334. The molecule has 0 spiro atoms. The maximum absolute atomic E-state index is 9.11. The third kappa shape index (κ3) is 8130. The summed E-state index contributed by atoms with van der Waals surface area (Å²) in [7, 11) is 0. The molecule has 0 aliphatic rings. The number of nitrogens with one attached hydrogen (secondary N) is 1. The van der Waals surface area contributed by atoms with Gasteiger partial charge in [-0.25, -0.2) is 20.0 Å². The Labute approximate surface area is 69.4 Å². The van der Waals surface area contributed by atoms with Crippen molar-refractivity contribution in [2.24, 2.45) is 4.99 Å². The number of carbonyl (C=O) groups is 1. The van der Waals surface area contributed by atoms with Crippen molar-refractivity contribution in [1.29, 1.82) is 5.41 Å². The normalized spacial score (nSPS) is 5.17. The average molecular weight is 174 g/mol. The highest BCUT2D eigenvalue weighted by Crippen LogP contribution is 1.52. The van der Waals surface area contributed by atoms with Crippen LogP contribution in [-0.2, 0) is 14.4 Å². The van der Waals surface area contributed by atoms with Gasteiger partial charge in [0, 0.05) is 13.5 Å². The molecule has 0 aromatic heterocycles. The first-order valence-corrected chi connectivity index (χ1v) is 2.83. The van der Waals surface area contributed by atoms with Gasteiger partial charge in [0.25, 0.3) is 5.97 Å². The molecule has 0 aromatic rings. The molecule has 0 heterocycles. The van der Waals surface area contributed by atoms with Gasteiger partial charge in [0.1, 0.15) is 0 Å². The second-order valence-electron chi connectivity index (χ2n) is 1.19. The third-order valence-corrected chi connectivity index (χ3v) is 0.223. The van der Waals surface area contributed by atoms with E-state index in [1.54, 1.807) is 6.92 Å². The lowest BCUT2D eigenvalue weighted by molar-refractivity contribution is -0.134. The van der Waals surface area contributed by atoms with Crippen LogP contribution in [0, 0.1) is 5.41 Å². The minimum atomic E-state index is -0.833. The van der Waals surface area contributed by atoms with Crippen LogP contribution in [0.15, 0.2) is 4.99 Å². The molecule has 0 radical (unpaired) electrons. The van der Waals surface area contributed by atoms with Crippen LogP contribution in [0.3, 0.4) is 0 Å². The van der Waals surface area contributed by atoms with E-state index in [-0.39, 0.29) is 0 Å². The SMILES string of the molecule is CC(=O)O.CCN=C=O.N=C=O. The zero-order valence-corrected chi connectivity index (χ0v) is 6.83. The Balaban J connectivity index is -0.000000105. The second-order valence-corrected chi connectivity index (χ2v) is 1.19. The monoisotopic (exact) mass is 174 g/mol. The van der Waals surface area contributed by atoms with E-state index in [2.05, 4.69) is 4.99 Å². The summed E-state index contributed by atoms with van der Waals surface area (Å²) in [6, 6.07) is 0. The Hall–Kier alpha value is -1.77. The number of carboxylic acid groups (broad SMARTS) is 1. The van der Waals surface area contributed by atoms with Crippen LogP contribution in [0.2, 0.25) is 0 Å². The largest absolute Gasteiger partial charge is 0.481 e. The van der Waals surface area contributed by atoms with Crippen molar-refractivity contribution in [3.05, 3.63) is 0 Å². The molecule has 6 nitrogen and oxygen atoms in total. The van der Waals surface area contributed by atoms with E-state index in [0.29, 0.717) is 6.54 Å². The highest BCUT2D eigenvalue weighted by Gasteiger charge is 1.65. The molecule has 0 aromatic carbocycles. The van der Waals surface area contributed by atoms with Crippen molar-refractivity contribution in [3.63, 3.8) is 0 Å². The topological polar surface area (TPSA) is 108 Å². The van der Waals surface area contributed by atoms with Gasteiger partial charge in [-0.05, 0) is 6.92 Å². The lowest BCUT2D eigenvalue weighted by Crippen LogP contribution is -1.78. The molecule has 2 N–H and O–H groups in total. The molecule has 12 heavy (non-hydrogen) atoms. The van der Waals surface area contributed by atoms with Crippen molar-refractivity contribution in [2.75, 3.05) is 6.54 Å². The maximum atomic E-state index is 9.11. The fraction of sp³-hybridized carbons (Fsp3) is 0.500. The molecule has 0 atom stereocenters. The first kappa shape index (κ1) is 16.7. The van der Waals surface area contributed by atoms with Crippen molar-refractivity contribution in [1.82, 2.24) is 0 Å². The Kier molecular flexibility index (Phi) is 31.8. The molecule has 0 rings (SSSR count). The molecule has 0 fully saturated rings. The summed E-state index contributed by atoms with van der Waals surface area (Å²) in [6.45, 7) is 3.41. The molecule has 6 heteroatoms. The predicted molar refractivity (Wildman–Crippen MR) is 40.4 cm³/mol. The number of nitrogens with zero attached hydrogens (tertiary/aromatic N) is 1. The lowest BCUT2D eigenvalue weighted by atomic mass is 10.8. The molecule has 0 bridgehead atoms. The van der Waals surface area contributed by atoms with E-state index in [9.17, 15) is 0 Å². The van der Waals surface area contributed by atoms with Crippen LogP contribution >= 0.6 is 0 Å². The quantitative estimate of drug-likeness (QED) is 0.441. The van der Waals surface area contributed by atoms with Crippen LogP contribution in [0.4, 0.5) is 0 Å². The van der Waals surface area contributed by atoms with Gasteiger partial charge in [-0.2, -0.15) is 0 Å². The molecule has 0 saturated carbocycles. The highest BCUT2D eigenvalue weighted by atomic mass is 16.4. The Morgan fingerprint density at radius 2 is 1.83 bits per heavy atom. The van der Waals surface area contributed by atoms with Gasteiger partial charge >= 0.3 is 0 Å². The van der Waals surface area contributed by atoms with Crippen LogP contribution < -0.4 is 0 Å². The third-order valence-electron chi connectivity index (χ3n) is 0.223. The van der Waals surface area contributed by atoms with E-state index < -0.39 is 5.97 Å². The van der Waals surface area contributed by atoms with Gasteiger partial charge in [-0.3, -0.25) is 4.79 Å². The Morgan fingerprint density at radius 1 is 1.58 bits per heavy atom. The lowest BCUT2D eigenvalue weighted by Gasteiger charge is -1.59. The van der Waals surface area contributed by atoms with E-state index in [1.165, 1.54) is 6.08 Å². The number of rotatable bonds is 1. The molecule has 0 saturated heterocycles. The minimum Gasteiger partial charge on any atom is -0.481 e. The molecule has 0 amide bonds. The van der Waals surface area contributed by atoms with Crippen LogP contribution in [0.1, 0.15) is 13.8 Å². The molecule has 0 aliphatic carbocycles. The number of isocyanates is 2. The number of hydrogen-bond donors (Lipinski definition) is 2. The van der Waals surface area contributed by atoms with Gasteiger partial charge in [-0.15, -0.1) is 0 Å². The maximum Gasteiger partial charge on any atom is 0.300 e. The van der Waals surface area contributed by atoms with Crippen LogP contribution in [-0.4, -0.2) is 29.8 Å².